The Labute approximate surface area is 107 Å². The van der Waals surface area contributed by atoms with Crippen molar-refractivity contribution in [1.82, 2.24) is 9.29 Å². The highest BCUT2D eigenvalue weighted by Crippen LogP contribution is 2.30. The number of aromatic nitrogens is 1. The number of sulfonamides is 1. The van der Waals surface area contributed by atoms with E-state index >= 15 is 0 Å². The number of hydrogen-bond acceptors (Lipinski definition) is 3. The summed E-state index contributed by atoms with van der Waals surface area (Å²) in [6.07, 6.45) is 3.12. The second kappa shape index (κ2) is 4.55. The van der Waals surface area contributed by atoms with E-state index in [0.29, 0.717) is 5.15 Å². The van der Waals surface area contributed by atoms with Gasteiger partial charge in [-0.2, -0.15) is 4.31 Å². The predicted octanol–water partition coefficient (Wildman–Crippen LogP) is 2.30. The number of halogens is 1. The molecule has 0 unspecified atom stereocenters. The van der Waals surface area contributed by atoms with Crippen molar-refractivity contribution in [2.75, 3.05) is 0 Å². The number of pyridine rings is 1. The van der Waals surface area contributed by atoms with Gasteiger partial charge in [0.05, 0.1) is 0 Å². The Balaban J connectivity index is 2.39. The van der Waals surface area contributed by atoms with Gasteiger partial charge in [0.2, 0.25) is 10.0 Å². The maximum atomic E-state index is 12.4. The Morgan fingerprint density at radius 1 is 1.29 bits per heavy atom. The highest BCUT2D eigenvalue weighted by Gasteiger charge is 2.37. The number of hydrogen-bond donors (Lipinski definition) is 0. The monoisotopic (exact) mass is 274 g/mol. The first kappa shape index (κ1) is 12.8. The molecule has 0 radical (unpaired) electrons. The van der Waals surface area contributed by atoms with Crippen LogP contribution >= 0.6 is 11.6 Å². The summed E-state index contributed by atoms with van der Waals surface area (Å²) in [7, 11) is -3.44. The van der Waals surface area contributed by atoms with E-state index in [1.54, 1.807) is 4.31 Å². The molecule has 1 aliphatic heterocycles. The van der Waals surface area contributed by atoms with Crippen molar-refractivity contribution in [2.45, 2.75) is 43.7 Å². The van der Waals surface area contributed by atoms with Gasteiger partial charge in [0.1, 0.15) is 10.0 Å². The Morgan fingerprint density at radius 3 is 2.35 bits per heavy atom. The molecule has 0 N–H and O–H groups in total. The molecular formula is C11H15ClN2O2S. The fraction of sp³-hybridized carbons (Fsp3) is 0.545. The van der Waals surface area contributed by atoms with E-state index in [1.807, 2.05) is 13.8 Å². The summed E-state index contributed by atoms with van der Waals surface area (Å²) in [6, 6.07) is 3.10. The molecule has 0 aromatic carbocycles. The molecule has 2 rings (SSSR count). The second-order valence-electron chi connectivity index (χ2n) is 4.43. The van der Waals surface area contributed by atoms with Crippen LogP contribution in [0.4, 0.5) is 0 Å². The number of nitrogens with zero attached hydrogens (tertiary/aromatic N) is 2. The molecule has 1 aliphatic rings. The molecule has 6 heteroatoms. The zero-order chi connectivity index (χ0) is 12.6. The second-order valence-corrected chi connectivity index (χ2v) is 6.66. The van der Waals surface area contributed by atoms with Gasteiger partial charge in [-0.3, -0.25) is 0 Å². The van der Waals surface area contributed by atoms with Crippen molar-refractivity contribution in [3.8, 4) is 0 Å². The lowest BCUT2D eigenvalue weighted by atomic mass is 10.2. The summed E-state index contributed by atoms with van der Waals surface area (Å²) in [5, 5.41) is 0.298. The van der Waals surface area contributed by atoms with Crippen LogP contribution in [0.3, 0.4) is 0 Å². The highest BCUT2D eigenvalue weighted by atomic mass is 35.5. The average molecular weight is 275 g/mol. The smallest absolute Gasteiger partial charge is 0.243 e. The average Bonchev–Trinajstić information content (AvgIpc) is 2.59. The lowest BCUT2D eigenvalue weighted by Gasteiger charge is -2.25. The van der Waals surface area contributed by atoms with Crippen LogP contribution in [-0.4, -0.2) is 29.8 Å². The van der Waals surface area contributed by atoms with Crippen LogP contribution in [0.2, 0.25) is 5.15 Å². The minimum Gasteiger partial charge on any atom is -0.243 e. The van der Waals surface area contributed by atoms with Gasteiger partial charge in [-0.1, -0.05) is 11.6 Å². The van der Waals surface area contributed by atoms with Crippen molar-refractivity contribution < 1.29 is 8.42 Å². The summed E-state index contributed by atoms with van der Waals surface area (Å²) in [5.41, 5.74) is 0. The van der Waals surface area contributed by atoms with Crippen LogP contribution in [0.1, 0.15) is 26.7 Å². The first-order chi connectivity index (χ1) is 7.93. The van der Waals surface area contributed by atoms with Gasteiger partial charge in [0.25, 0.3) is 0 Å². The molecule has 0 amide bonds. The zero-order valence-corrected chi connectivity index (χ0v) is 11.4. The van der Waals surface area contributed by atoms with E-state index in [0.717, 1.165) is 12.8 Å². The fourth-order valence-corrected chi connectivity index (χ4v) is 4.22. The van der Waals surface area contributed by atoms with Gasteiger partial charge in [0, 0.05) is 18.3 Å². The van der Waals surface area contributed by atoms with Crippen LogP contribution in [0.15, 0.2) is 23.2 Å². The largest absolute Gasteiger partial charge is 0.245 e. The van der Waals surface area contributed by atoms with Gasteiger partial charge in [-0.05, 0) is 38.8 Å². The molecule has 1 saturated heterocycles. The molecule has 0 bridgehead atoms. The minimum atomic E-state index is -3.44. The summed E-state index contributed by atoms with van der Waals surface area (Å²) < 4.78 is 26.4. The van der Waals surface area contributed by atoms with Crippen molar-refractivity contribution >= 4 is 21.6 Å². The number of rotatable bonds is 2. The van der Waals surface area contributed by atoms with Gasteiger partial charge >= 0.3 is 0 Å². The topological polar surface area (TPSA) is 50.3 Å². The molecule has 1 aromatic rings. The first-order valence-electron chi connectivity index (χ1n) is 5.58. The molecule has 1 fully saturated rings. The summed E-state index contributed by atoms with van der Waals surface area (Å²) in [4.78, 5) is 4.04. The van der Waals surface area contributed by atoms with E-state index in [2.05, 4.69) is 4.98 Å². The molecule has 2 heterocycles. The van der Waals surface area contributed by atoms with E-state index < -0.39 is 10.0 Å². The third kappa shape index (κ3) is 2.32. The Bertz CT molecular complexity index is 491. The summed E-state index contributed by atoms with van der Waals surface area (Å²) in [6.45, 7) is 3.87. The Morgan fingerprint density at radius 2 is 1.88 bits per heavy atom. The fourth-order valence-electron chi connectivity index (χ4n) is 2.28. The normalized spacial score (nSPS) is 26.3. The Hall–Kier alpha value is -0.650. The molecule has 0 saturated carbocycles. The Kier molecular flexibility index (Phi) is 3.43. The quantitative estimate of drug-likeness (QED) is 0.778. The zero-order valence-electron chi connectivity index (χ0n) is 9.80. The first-order valence-corrected chi connectivity index (χ1v) is 7.40. The maximum Gasteiger partial charge on any atom is 0.245 e. The lowest BCUT2D eigenvalue weighted by molar-refractivity contribution is 0.350. The van der Waals surface area contributed by atoms with E-state index in [4.69, 9.17) is 11.6 Å². The van der Waals surface area contributed by atoms with Crippen LogP contribution in [0.5, 0.6) is 0 Å². The SMILES string of the molecule is C[C@@H]1CC[C@H](C)N1S(=O)(=O)c1ccc(Cl)nc1. The van der Waals surface area contributed by atoms with Gasteiger partial charge in [-0.15, -0.1) is 0 Å². The van der Waals surface area contributed by atoms with Gasteiger partial charge in [-0.25, -0.2) is 13.4 Å². The van der Waals surface area contributed by atoms with E-state index in [1.165, 1.54) is 18.3 Å². The highest BCUT2D eigenvalue weighted by molar-refractivity contribution is 7.89. The minimum absolute atomic E-state index is 0.0469. The molecule has 2 atom stereocenters. The molecular weight excluding hydrogens is 260 g/mol. The van der Waals surface area contributed by atoms with Crippen LogP contribution in [0.25, 0.3) is 0 Å². The lowest BCUT2D eigenvalue weighted by Crippen LogP contribution is -2.38. The van der Waals surface area contributed by atoms with Gasteiger partial charge in [0.15, 0.2) is 0 Å². The standard InChI is InChI=1S/C11H15ClN2O2S/c1-8-3-4-9(2)14(8)17(15,16)10-5-6-11(12)13-7-10/h5-9H,3-4H2,1-2H3/t8-,9+. The molecule has 0 spiro atoms. The molecule has 4 nitrogen and oxygen atoms in total. The van der Waals surface area contributed by atoms with E-state index in [9.17, 15) is 8.42 Å². The molecule has 17 heavy (non-hydrogen) atoms. The van der Waals surface area contributed by atoms with E-state index in [-0.39, 0.29) is 17.0 Å². The molecule has 1 aromatic heterocycles. The molecule has 94 valence electrons. The molecule has 0 aliphatic carbocycles. The van der Waals surface area contributed by atoms with Crippen LogP contribution in [-0.2, 0) is 10.0 Å². The third-order valence-corrected chi connectivity index (χ3v) is 5.48. The van der Waals surface area contributed by atoms with Crippen molar-refractivity contribution in [2.24, 2.45) is 0 Å². The maximum absolute atomic E-state index is 12.4. The van der Waals surface area contributed by atoms with Crippen molar-refractivity contribution in [3.63, 3.8) is 0 Å². The summed E-state index contributed by atoms with van der Waals surface area (Å²) >= 11 is 5.66. The predicted molar refractivity (Wildman–Crippen MR) is 66.4 cm³/mol. The van der Waals surface area contributed by atoms with Crippen molar-refractivity contribution in [3.05, 3.63) is 23.5 Å². The van der Waals surface area contributed by atoms with Crippen LogP contribution in [0, 0.1) is 0 Å². The van der Waals surface area contributed by atoms with Gasteiger partial charge < -0.3 is 0 Å². The van der Waals surface area contributed by atoms with Crippen molar-refractivity contribution in [1.29, 1.82) is 0 Å². The third-order valence-electron chi connectivity index (χ3n) is 3.15. The summed E-state index contributed by atoms with van der Waals surface area (Å²) in [5.74, 6) is 0. The van der Waals surface area contributed by atoms with Crippen LogP contribution < -0.4 is 0 Å².